The first-order valence-corrected chi connectivity index (χ1v) is 8.11. The van der Waals surface area contributed by atoms with Gasteiger partial charge in [0.1, 0.15) is 0 Å². The lowest BCUT2D eigenvalue weighted by molar-refractivity contribution is 0.0542. The molecule has 2 rings (SSSR count). The minimum absolute atomic E-state index is 0.00728. The fourth-order valence-corrected chi connectivity index (χ4v) is 3.29. The van der Waals surface area contributed by atoms with E-state index in [1.807, 2.05) is 17.2 Å². The molecule has 2 heterocycles. The number of aliphatic hydroxyl groups is 1. The molecule has 0 bridgehead atoms. The van der Waals surface area contributed by atoms with Crippen LogP contribution in [-0.4, -0.2) is 40.7 Å². The van der Waals surface area contributed by atoms with Crippen molar-refractivity contribution in [2.75, 3.05) is 25.0 Å². The summed E-state index contributed by atoms with van der Waals surface area (Å²) in [5.74, 6) is 0. The molecule has 1 aliphatic rings. The number of urea groups is 1. The maximum absolute atomic E-state index is 12.2. The van der Waals surface area contributed by atoms with E-state index < -0.39 is 0 Å². The zero-order chi connectivity index (χ0) is 14.6. The highest BCUT2D eigenvalue weighted by atomic mass is 32.1. The summed E-state index contributed by atoms with van der Waals surface area (Å²) in [6, 6.07) is -0.0790. The van der Waals surface area contributed by atoms with E-state index in [-0.39, 0.29) is 18.1 Å². The van der Waals surface area contributed by atoms with Crippen LogP contribution in [0.1, 0.15) is 38.8 Å². The number of rotatable bonds is 4. The Bertz CT molecular complexity index is 447. The van der Waals surface area contributed by atoms with Crippen LogP contribution in [0.3, 0.4) is 0 Å². The van der Waals surface area contributed by atoms with Crippen LogP contribution in [0.15, 0.2) is 5.38 Å². The molecule has 20 heavy (non-hydrogen) atoms. The molecule has 0 saturated carbocycles. The first-order valence-electron chi connectivity index (χ1n) is 7.23. The summed E-state index contributed by atoms with van der Waals surface area (Å²) < 4.78 is 0. The first-order chi connectivity index (χ1) is 9.62. The molecule has 6 heteroatoms. The topological polar surface area (TPSA) is 65.5 Å². The van der Waals surface area contributed by atoms with E-state index in [1.54, 1.807) is 0 Å². The van der Waals surface area contributed by atoms with Crippen molar-refractivity contribution in [3.05, 3.63) is 11.1 Å². The highest BCUT2D eigenvalue weighted by molar-refractivity contribution is 7.13. The number of hydrogen-bond donors (Lipinski definition) is 2. The summed E-state index contributed by atoms with van der Waals surface area (Å²) in [4.78, 5) is 18.3. The third kappa shape index (κ3) is 3.30. The molecule has 112 valence electrons. The number of aryl methyl sites for hydroxylation is 1. The molecule has 5 nitrogen and oxygen atoms in total. The van der Waals surface area contributed by atoms with E-state index in [0.717, 1.165) is 31.4 Å². The third-order valence-electron chi connectivity index (χ3n) is 4.32. The molecule has 1 aromatic heterocycles. The predicted molar refractivity (Wildman–Crippen MR) is 81.1 cm³/mol. The van der Waals surface area contributed by atoms with E-state index in [1.165, 1.54) is 11.3 Å². The van der Waals surface area contributed by atoms with Gasteiger partial charge in [-0.1, -0.05) is 13.8 Å². The Hall–Kier alpha value is -1.14. The molecular weight excluding hydrogens is 274 g/mol. The van der Waals surface area contributed by atoms with Crippen molar-refractivity contribution in [2.24, 2.45) is 5.41 Å². The maximum Gasteiger partial charge on any atom is 0.323 e. The Morgan fingerprint density at radius 2 is 2.20 bits per heavy atom. The number of anilines is 1. The molecular formula is C14H23N3O2S. The third-order valence-corrected chi connectivity index (χ3v) is 5.13. The monoisotopic (exact) mass is 297 g/mol. The van der Waals surface area contributed by atoms with Crippen molar-refractivity contribution in [2.45, 2.75) is 39.5 Å². The summed E-state index contributed by atoms with van der Waals surface area (Å²) in [5, 5.41) is 15.0. The van der Waals surface area contributed by atoms with Crippen LogP contribution >= 0.6 is 11.3 Å². The van der Waals surface area contributed by atoms with Gasteiger partial charge in [0.25, 0.3) is 0 Å². The highest BCUT2D eigenvalue weighted by Gasteiger charge is 2.33. The summed E-state index contributed by atoms with van der Waals surface area (Å²) >= 11 is 1.47. The first kappa shape index (κ1) is 15.3. The number of amides is 2. The summed E-state index contributed by atoms with van der Waals surface area (Å²) in [6.07, 6.45) is 3.58. The van der Waals surface area contributed by atoms with Crippen LogP contribution in [0.4, 0.5) is 9.93 Å². The Balaban J connectivity index is 1.88. The zero-order valence-corrected chi connectivity index (χ0v) is 13.0. The number of piperidine rings is 1. The number of likely N-dealkylation sites (tertiary alicyclic amines) is 1. The van der Waals surface area contributed by atoms with E-state index in [2.05, 4.69) is 17.2 Å². The second-order valence-electron chi connectivity index (χ2n) is 5.43. The van der Waals surface area contributed by atoms with Gasteiger partial charge in [-0.25, -0.2) is 9.78 Å². The van der Waals surface area contributed by atoms with E-state index in [9.17, 15) is 9.90 Å². The number of thiazole rings is 1. The number of carbonyl (C=O) groups excluding carboxylic acids is 1. The SMILES string of the molecule is CCc1csc(NC(=O)N2CCC(CC)(CO)CC2)n1. The van der Waals surface area contributed by atoms with Gasteiger partial charge in [0.15, 0.2) is 5.13 Å². The predicted octanol–water partition coefficient (Wildman–Crippen LogP) is 2.72. The van der Waals surface area contributed by atoms with Gasteiger partial charge in [0.2, 0.25) is 0 Å². The molecule has 0 atom stereocenters. The van der Waals surface area contributed by atoms with Gasteiger partial charge in [-0.15, -0.1) is 11.3 Å². The van der Waals surface area contributed by atoms with Gasteiger partial charge in [-0.05, 0) is 31.1 Å². The minimum Gasteiger partial charge on any atom is -0.396 e. The Labute approximate surface area is 124 Å². The van der Waals surface area contributed by atoms with Crippen molar-refractivity contribution >= 4 is 22.5 Å². The van der Waals surface area contributed by atoms with Crippen LogP contribution in [0.25, 0.3) is 0 Å². The van der Waals surface area contributed by atoms with Gasteiger partial charge in [0, 0.05) is 25.1 Å². The average Bonchev–Trinajstić information content (AvgIpc) is 2.95. The van der Waals surface area contributed by atoms with Crippen molar-refractivity contribution < 1.29 is 9.90 Å². The lowest BCUT2D eigenvalue weighted by atomic mass is 9.77. The smallest absolute Gasteiger partial charge is 0.323 e. The van der Waals surface area contributed by atoms with Crippen LogP contribution in [-0.2, 0) is 6.42 Å². The quantitative estimate of drug-likeness (QED) is 0.898. The zero-order valence-electron chi connectivity index (χ0n) is 12.2. The standard InChI is InChI=1S/C14H23N3O2S/c1-3-11-9-20-12(15-11)16-13(19)17-7-5-14(4-2,10-18)6-8-17/h9,18H,3-8,10H2,1-2H3,(H,15,16,19). The molecule has 1 fully saturated rings. The molecule has 0 spiro atoms. The van der Waals surface area contributed by atoms with Gasteiger partial charge >= 0.3 is 6.03 Å². The largest absolute Gasteiger partial charge is 0.396 e. The molecule has 0 aliphatic carbocycles. The minimum atomic E-state index is -0.0790. The molecule has 1 saturated heterocycles. The Morgan fingerprint density at radius 1 is 1.50 bits per heavy atom. The van der Waals surface area contributed by atoms with Crippen molar-refractivity contribution in [1.29, 1.82) is 0 Å². The summed E-state index contributed by atoms with van der Waals surface area (Å²) in [6.45, 7) is 5.77. The molecule has 1 aliphatic heterocycles. The number of aliphatic hydroxyl groups excluding tert-OH is 1. The van der Waals surface area contributed by atoms with E-state index in [4.69, 9.17) is 0 Å². The fourth-order valence-electron chi connectivity index (χ4n) is 2.50. The number of aromatic nitrogens is 1. The molecule has 0 radical (unpaired) electrons. The number of nitrogens with one attached hydrogen (secondary N) is 1. The van der Waals surface area contributed by atoms with Crippen molar-refractivity contribution in [1.82, 2.24) is 9.88 Å². The summed E-state index contributed by atoms with van der Waals surface area (Å²) in [7, 11) is 0. The van der Waals surface area contributed by atoms with Crippen molar-refractivity contribution in [3.8, 4) is 0 Å². The average molecular weight is 297 g/mol. The van der Waals surface area contributed by atoms with Gasteiger partial charge in [-0.2, -0.15) is 0 Å². The number of carbonyl (C=O) groups is 1. The fraction of sp³-hybridized carbons (Fsp3) is 0.714. The highest BCUT2D eigenvalue weighted by Crippen LogP contribution is 2.34. The Kier molecular flexibility index (Phi) is 4.99. The lowest BCUT2D eigenvalue weighted by Gasteiger charge is -2.40. The Morgan fingerprint density at radius 3 is 2.70 bits per heavy atom. The van der Waals surface area contributed by atoms with Crippen LogP contribution in [0.5, 0.6) is 0 Å². The molecule has 2 amide bonds. The van der Waals surface area contributed by atoms with Gasteiger partial charge < -0.3 is 10.0 Å². The van der Waals surface area contributed by atoms with Crippen LogP contribution in [0, 0.1) is 5.41 Å². The molecule has 0 unspecified atom stereocenters. The second-order valence-corrected chi connectivity index (χ2v) is 6.28. The maximum atomic E-state index is 12.2. The number of nitrogens with zero attached hydrogens (tertiary/aromatic N) is 2. The van der Waals surface area contributed by atoms with E-state index >= 15 is 0 Å². The molecule has 2 N–H and O–H groups in total. The second kappa shape index (κ2) is 6.54. The van der Waals surface area contributed by atoms with E-state index in [0.29, 0.717) is 18.2 Å². The normalized spacial score (nSPS) is 18.1. The summed E-state index contributed by atoms with van der Waals surface area (Å²) in [5.41, 5.74) is 1.02. The van der Waals surface area contributed by atoms with Crippen LogP contribution < -0.4 is 5.32 Å². The molecule has 1 aromatic rings. The van der Waals surface area contributed by atoms with Gasteiger partial charge in [-0.3, -0.25) is 5.32 Å². The van der Waals surface area contributed by atoms with Gasteiger partial charge in [0.05, 0.1) is 5.69 Å². The number of hydrogen-bond acceptors (Lipinski definition) is 4. The molecule has 0 aromatic carbocycles. The van der Waals surface area contributed by atoms with Crippen molar-refractivity contribution in [3.63, 3.8) is 0 Å². The van der Waals surface area contributed by atoms with Crippen LogP contribution in [0.2, 0.25) is 0 Å². The lowest BCUT2D eigenvalue weighted by Crippen LogP contribution is -2.46.